The van der Waals surface area contributed by atoms with E-state index in [-0.39, 0.29) is 50.1 Å². The summed E-state index contributed by atoms with van der Waals surface area (Å²) in [6.45, 7) is -0.113. The Labute approximate surface area is 169 Å². The van der Waals surface area contributed by atoms with E-state index in [2.05, 4.69) is 10.2 Å². The Morgan fingerprint density at radius 2 is 1.97 bits per heavy atom. The lowest BCUT2D eigenvalue weighted by Crippen LogP contribution is -2.49. The summed E-state index contributed by atoms with van der Waals surface area (Å²) in [6.07, 6.45) is -4.17. The van der Waals surface area contributed by atoms with Crippen LogP contribution in [-0.2, 0) is 28.9 Å². The monoisotopic (exact) mass is 425 g/mol. The molecule has 0 aliphatic carbocycles. The molecule has 1 saturated heterocycles. The van der Waals surface area contributed by atoms with Gasteiger partial charge in [0.05, 0.1) is 18.5 Å². The number of likely N-dealkylation sites (tertiary alicyclic amines) is 1. The fraction of sp³-hybridized carbons (Fsp3) is 0.474. The zero-order valence-electron chi connectivity index (χ0n) is 16.1. The molecule has 2 aliphatic heterocycles. The van der Waals surface area contributed by atoms with Crippen LogP contribution < -0.4 is 0 Å². The van der Waals surface area contributed by atoms with Crippen LogP contribution in [0.25, 0.3) is 0 Å². The molecule has 0 spiro atoms. The molecule has 1 fully saturated rings. The van der Waals surface area contributed by atoms with Gasteiger partial charge in [0, 0.05) is 26.6 Å². The number of alkyl halides is 3. The van der Waals surface area contributed by atoms with E-state index in [4.69, 9.17) is 0 Å². The molecule has 2 amide bonds. The van der Waals surface area contributed by atoms with E-state index in [0.717, 1.165) is 4.57 Å². The van der Waals surface area contributed by atoms with Crippen LogP contribution in [0.4, 0.5) is 17.6 Å². The molecule has 0 bridgehead atoms. The van der Waals surface area contributed by atoms with E-state index < -0.39 is 29.8 Å². The summed E-state index contributed by atoms with van der Waals surface area (Å²) in [4.78, 5) is 28.4. The second-order valence-electron chi connectivity index (χ2n) is 7.50. The van der Waals surface area contributed by atoms with Crippen LogP contribution >= 0.6 is 0 Å². The van der Waals surface area contributed by atoms with Gasteiger partial charge in [0.25, 0.3) is 0 Å². The molecular formula is C19H19F4N5O2. The van der Waals surface area contributed by atoms with E-state index in [1.165, 1.54) is 28.0 Å². The van der Waals surface area contributed by atoms with Crippen molar-refractivity contribution < 1.29 is 27.2 Å². The van der Waals surface area contributed by atoms with Crippen molar-refractivity contribution in [2.75, 3.05) is 13.6 Å². The first-order valence-electron chi connectivity index (χ1n) is 9.46. The largest absolute Gasteiger partial charge is 0.451 e. The summed E-state index contributed by atoms with van der Waals surface area (Å²) in [5, 5.41) is 6.83. The van der Waals surface area contributed by atoms with Gasteiger partial charge in [-0.25, -0.2) is 4.39 Å². The highest BCUT2D eigenvalue weighted by molar-refractivity contribution is 5.85. The fourth-order valence-electron chi connectivity index (χ4n) is 4.23. The van der Waals surface area contributed by atoms with E-state index in [1.54, 1.807) is 13.1 Å². The summed E-state index contributed by atoms with van der Waals surface area (Å²) in [5.41, 5.74) is 0.503. The van der Waals surface area contributed by atoms with Crippen molar-refractivity contribution in [1.29, 1.82) is 0 Å². The van der Waals surface area contributed by atoms with Crippen molar-refractivity contribution in [2.24, 2.45) is 5.92 Å². The van der Waals surface area contributed by atoms with Gasteiger partial charge < -0.3 is 14.4 Å². The lowest BCUT2D eigenvalue weighted by molar-refractivity contribution is -0.149. The lowest BCUT2D eigenvalue weighted by Gasteiger charge is -2.41. The maximum absolute atomic E-state index is 13.8. The number of benzene rings is 1. The summed E-state index contributed by atoms with van der Waals surface area (Å²) in [7, 11) is 1.57. The average Bonchev–Trinajstić information content (AvgIpc) is 3.13. The Hall–Kier alpha value is -2.98. The van der Waals surface area contributed by atoms with Crippen molar-refractivity contribution in [3.05, 3.63) is 47.3 Å². The molecule has 11 heteroatoms. The van der Waals surface area contributed by atoms with Gasteiger partial charge >= 0.3 is 6.18 Å². The van der Waals surface area contributed by atoms with Crippen LogP contribution in [0.1, 0.15) is 36.1 Å². The molecule has 4 rings (SSSR count). The van der Waals surface area contributed by atoms with Gasteiger partial charge in [-0.15, -0.1) is 10.2 Å². The molecule has 2 unspecified atom stereocenters. The van der Waals surface area contributed by atoms with Crippen molar-refractivity contribution >= 4 is 11.8 Å². The van der Waals surface area contributed by atoms with Gasteiger partial charge in [-0.2, -0.15) is 13.2 Å². The first kappa shape index (κ1) is 20.3. The zero-order chi connectivity index (χ0) is 21.6. The third-order valence-electron chi connectivity index (χ3n) is 5.69. The quantitative estimate of drug-likeness (QED) is 0.693. The van der Waals surface area contributed by atoms with Crippen LogP contribution in [0.5, 0.6) is 0 Å². The highest BCUT2D eigenvalue weighted by Crippen LogP contribution is 2.38. The summed E-state index contributed by atoms with van der Waals surface area (Å²) >= 11 is 0. The Morgan fingerprint density at radius 3 is 2.67 bits per heavy atom. The Morgan fingerprint density at radius 1 is 1.20 bits per heavy atom. The molecule has 3 heterocycles. The van der Waals surface area contributed by atoms with Crippen molar-refractivity contribution in [1.82, 2.24) is 24.6 Å². The SMILES string of the molecule is CN1C(=O)CCC(C(=O)N2CCn3c(nnc3C(F)(F)F)C2)C1c1cccc(F)c1. The number of amides is 2. The van der Waals surface area contributed by atoms with E-state index in [1.807, 2.05) is 0 Å². The van der Waals surface area contributed by atoms with Crippen LogP contribution in [0.2, 0.25) is 0 Å². The van der Waals surface area contributed by atoms with Crippen LogP contribution in [0, 0.1) is 11.7 Å². The van der Waals surface area contributed by atoms with Gasteiger partial charge in [0.15, 0.2) is 5.82 Å². The minimum atomic E-state index is -4.62. The first-order chi connectivity index (χ1) is 14.2. The molecule has 2 atom stereocenters. The molecular weight excluding hydrogens is 406 g/mol. The third-order valence-corrected chi connectivity index (χ3v) is 5.69. The van der Waals surface area contributed by atoms with Crippen molar-refractivity contribution in [3.63, 3.8) is 0 Å². The van der Waals surface area contributed by atoms with Gasteiger partial charge in [0.2, 0.25) is 17.6 Å². The number of halogens is 4. The standard InChI is InChI=1S/C19H19F4N5O2/c1-26-15(29)6-5-13(16(26)11-3-2-4-12(20)9-11)17(30)27-7-8-28-14(10-27)24-25-18(28)19(21,22)23/h2-4,9,13,16H,5-8,10H2,1H3. The van der Waals surface area contributed by atoms with Gasteiger partial charge in [-0.1, -0.05) is 12.1 Å². The van der Waals surface area contributed by atoms with Crippen molar-refractivity contribution in [2.45, 2.75) is 38.1 Å². The lowest BCUT2D eigenvalue weighted by atomic mass is 9.83. The molecule has 1 aromatic carbocycles. The number of rotatable bonds is 2. The molecule has 30 heavy (non-hydrogen) atoms. The summed E-state index contributed by atoms with van der Waals surface area (Å²) in [5.74, 6) is -2.58. The topological polar surface area (TPSA) is 71.3 Å². The van der Waals surface area contributed by atoms with Crippen LogP contribution in [0.15, 0.2) is 24.3 Å². The smallest absolute Gasteiger partial charge is 0.338 e. The number of hydrogen-bond donors (Lipinski definition) is 0. The van der Waals surface area contributed by atoms with E-state index >= 15 is 0 Å². The second-order valence-corrected chi connectivity index (χ2v) is 7.50. The molecule has 7 nitrogen and oxygen atoms in total. The number of carbonyl (C=O) groups is 2. The Balaban J connectivity index is 1.60. The number of nitrogens with zero attached hydrogens (tertiary/aromatic N) is 5. The normalized spacial score (nSPS) is 22.2. The maximum atomic E-state index is 13.8. The second kappa shape index (κ2) is 7.37. The number of fused-ring (bicyclic) bond motifs is 1. The minimum Gasteiger partial charge on any atom is -0.338 e. The number of piperidine rings is 1. The third kappa shape index (κ3) is 3.52. The summed E-state index contributed by atoms with van der Waals surface area (Å²) in [6, 6.07) is 5.09. The average molecular weight is 425 g/mol. The number of carbonyl (C=O) groups excluding carboxylic acids is 2. The molecule has 2 aromatic rings. The summed E-state index contributed by atoms with van der Waals surface area (Å²) < 4.78 is 53.9. The highest BCUT2D eigenvalue weighted by Gasteiger charge is 2.43. The first-order valence-corrected chi connectivity index (χ1v) is 9.46. The highest BCUT2D eigenvalue weighted by atomic mass is 19.4. The fourth-order valence-corrected chi connectivity index (χ4v) is 4.23. The zero-order valence-corrected chi connectivity index (χ0v) is 16.1. The predicted molar refractivity (Wildman–Crippen MR) is 95.1 cm³/mol. The molecule has 0 N–H and O–H groups in total. The molecule has 1 aromatic heterocycles. The Kier molecular flexibility index (Phi) is 4.99. The minimum absolute atomic E-state index is 0.0597. The number of hydrogen-bond acceptors (Lipinski definition) is 4. The molecule has 0 saturated carbocycles. The molecule has 0 radical (unpaired) electrons. The van der Waals surface area contributed by atoms with Crippen LogP contribution in [0.3, 0.4) is 0 Å². The van der Waals surface area contributed by atoms with Gasteiger partial charge in [0.1, 0.15) is 5.82 Å². The van der Waals surface area contributed by atoms with E-state index in [0.29, 0.717) is 5.56 Å². The molecule has 2 aliphatic rings. The van der Waals surface area contributed by atoms with Gasteiger partial charge in [-0.3, -0.25) is 9.59 Å². The van der Waals surface area contributed by atoms with Gasteiger partial charge in [-0.05, 0) is 24.1 Å². The van der Waals surface area contributed by atoms with E-state index in [9.17, 15) is 27.2 Å². The van der Waals surface area contributed by atoms with Crippen LogP contribution in [-0.4, -0.2) is 50.0 Å². The number of aromatic nitrogens is 3. The van der Waals surface area contributed by atoms with Crippen molar-refractivity contribution in [3.8, 4) is 0 Å². The Bertz CT molecular complexity index is 990. The predicted octanol–water partition coefficient (Wildman–Crippen LogP) is 2.39. The molecule has 160 valence electrons. The maximum Gasteiger partial charge on any atom is 0.451 e.